The molecule has 0 spiro atoms. The fraction of sp³-hybridized carbons (Fsp3) is 0.167. The topological polar surface area (TPSA) is 64.9 Å². The van der Waals surface area contributed by atoms with E-state index in [4.69, 9.17) is 40.1 Å². The maximum Gasteiger partial charge on any atom is 0.263 e. The third-order valence-electron chi connectivity index (χ3n) is 2.05. The highest BCUT2D eigenvalue weighted by molar-refractivity contribution is 6.36. The molecule has 0 aliphatic carbocycles. The molecule has 19 heavy (non-hydrogen) atoms. The van der Waals surface area contributed by atoms with Crippen LogP contribution >= 0.6 is 34.8 Å². The van der Waals surface area contributed by atoms with Crippen LogP contribution in [-0.4, -0.2) is 18.3 Å². The molecular weight excluding hydrogens is 309 g/mol. The van der Waals surface area contributed by atoms with Crippen LogP contribution in [0.5, 0.6) is 0 Å². The van der Waals surface area contributed by atoms with Gasteiger partial charge in [-0.1, -0.05) is 23.2 Å². The minimum atomic E-state index is -0.499. The number of halogens is 3. The summed E-state index contributed by atoms with van der Waals surface area (Å²) in [6.45, 7) is 0.293. The Kier molecular flexibility index (Phi) is 6.51. The average molecular weight is 319 g/mol. The summed E-state index contributed by atoms with van der Waals surface area (Å²) in [5.41, 5.74) is 0.472. The van der Waals surface area contributed by atoms with Crippen LogP contribution in [-0.2, 0) is 4.79 Å². The molecule has 100 valence electrons. The zero-order chi connectivity index (χ0) is 14.3. The first-order valence-corrected chi connectivity index (χ1v) is 6.53. The second kappa shape index (κ2) is 7.90. The van der Waals surface area contributed by atoms with Crippen LogP contribution < -0.4 is 10.6 Å². The number of alkyl halides is 1. The number of benzene rings is 1. The van der Waals surface area contributed by atoms with Gasteiger partial charge >= 0.3 is 0 Å². The van der Waals surface area contributed by atoms with Gasteiger partial charge in [0.2, 0.25) is 0 Å². The number of nitriles is 1. The van der Waals surface area contributed by atoms with Gasteiger partial charge in [0, 0.05) is 23.6 Å². The second-order valence-corrected chi connectivity index (χ2v) is 4.60. The zero-order valence-electron chi connectivity index (χ0n) is 9.71. The Hall–Kier alpha value is -1.41. The van der Waals surface area contributed by atoms with E-state index in [0.29, 0.717) is 22.3 Å². The molecule has 2 N–H and O–H groups in total. The Bertz CT molecular complexity index is 538. The van der Waals surface area contributed by atoms with E-state index in [1.807, 2.05) is 0 Å². The Morgan fingerprint density at radius 1 is 1.42 bits per heavy atom. The van der Waals surface area contributed by atoms with Gasteiger partial charge in [0.05, 0.1) is 10.7 Å². The highest BCUT2D eigenvalue weighted by Crippen LogP contribution is 2.25. The van der Waals surface area contributed by atoms with Gasteiger partial charge in [0.15, 0.2) is 0 Å². The van der Waals surface area contributed by atoms with Gasteiger partial charge in [0.1, 0.15) is 11.6 Å². The fourth-order valence-corrected chi connectivity index (χ4v) is 1.72. The van der Waals surface area contributed by atoms with Gasteiger partial charge in [-0.25, -0.2) is 0 Å². The Morgan fingerprint density at radius 3 is 2.74 bits per heavy atom. The molecule has 1 aromatic carbocycles. The summed E-state index contributed by atoms with van der Waals surface area (Å²) in [6.07, 6.45) is 1.28. The van der Waals surface area contributed by atoms with Gasteiger partial charge in [-0.15, -0.1) is 11.6 Å². The lowest BCUT2D eigenvalue weighted by Crippen LogP contribution is -2.26. The number of hydrogen-bond donors (Lipinski definition) is 2. The lowest BCUT2D eigenvalue weighted by molar-refractivity contribution is -0.117. The fourth-order valence-electron chi connectivity index (χ4n) is 1.16. The zero-order valence-corrected chi connectivity index (χ0v) is 12.0. The van der Waals surface area contributed by atoms with Crippen molar-refractivity contribution in [3.8, 4) is 6.07 Å². The number of nitrogens with one attached hydrogen (secondary N) is 2. The van der Waals surface area contributed by atoms with Crippen molar-refractivity contribution in [2.45, 2.75) is 0 Å². The SMILES string of the molecule is N#C/C(=C/Nc1ccc(Cl)cc1Cl)C(=O)NCCCl. The molecule has 0 fully saturated rings. The summed E-state index contributed by atoms with van der Waals surface area (Å²) in [5.74, 6) is -0.221. The van der Waals surface area contributed by atoms with Gasteiger partial charge in [-0.05, 0) is 18.2 Å². The van der Waals surface area contributed by atoms with Crippen LogP contribution in [0.15, 0.2) is 30.0 Å². The predicted octanol–water partition coefficient (Wildman–Crippen LogP) is 3.17. The largest absolute Gasteiger partial charge is 0.359 e. The summed E-state index contributed by atoms with van der Waals surface area (Å²) in [7, 11) is 0. The molecule has 1 aromatic rings. The highest BCUT2D eigenvalue weighted by Gasteiger charge is 2.08. The van der Waals surface area contributed by atoms with Crippen LogP contribution in [0.4, 0.5) is 5.69 Å². The van der Waals surface area contributed by atoms with E-state index in [9.17, 15) is 4.79 Å². The number of amides is 1. The Labute approximate surface area is 125 Å². The molecule has 0 saturated heterocycles. The molecule has 0 radical (unpaired) electrons. The van der Waals surface area contributed by atoms with Crippen LogP contribution in [0, 0.1) is 11.3 Å². The predicted molar refractivity (Wildman–Crippen MR) is 77.5 cm³/mol. The molecule has 0 atom stereocenters. The Balaban J connectivity index is 2.77. The minimum Gasteiger partial charge on any atom is -0.359 e. The monoisotopic (exact) mass is 317 g/mol. The van der Waals surface area contributed by atoms with E-state index in [-0.39, 0.29) is 11.5 Å². The lowest BCUT2D eigenvalue weighted by atomic mass is 10.3. The molecule has 0 heterocycles. The van der Waals surface area contributed by atoms with E-state index in [1.165, 1.54) is 6.20 Å². The van der Waals surface area contributed by atoms with Crippen molar-refractivity contribution < 1.29 is 4.79 Å². The molecule has 7 heteroatoms. The summed E-state index contributed by atoms with van der Waals surface area (Å²) >= 11 is 17.1. The van der Waals surface area contributed by atoms with Crippen molar-refractivity contribution in [1.29, 1.82) is 5.26 Å². The van der Waals surface area contributed by atoms with E-state index in [2.05, 4.69) is 10.6 Å². The summed E-state index contributed by atoms with van der Waals surface area (Å²) in [5, 5.41) is 15.0. The van der Waals surface area contributed by atoms with E-state index < -0.39 is 5.91 Å². The van der Waals surface area contributed by atoms with Crippen LogP contribution in [0.3, 0.4) is 0 Å². The number of anilines is 1. The number of rotatable bonds is 5. The molecule has 1 amide bonds. The normalized spacial score (nSPS) is 10.7. The number of hydrogen-bond acceptors (Lipinski definition) is 3. The highest BCUT2D eigenvalue weighted by atomic mass is 35.5. The maximum absolute atomic E-state index is 11.5. The number of carbonyl (C=O) groups is 1. The van der Waals surface area contributed by atoms with E-state index >= 15 is 0 Å². The molecular formula is C12H10Cl3N3O. The van der Waals surface area contributed by atoms with Crippen LogP contribution in [0.25, 0.3) is 0 Å². The van der Waals surface area contributed by atoms with Crippen molar-refractivity contribution in [3.63, 3.8) is 0 Å². The molecule has 0 aliphatic heterocycles. The van der Waals surface area contributed by atoms with Crippen molar-refractivity contribution >= 4 is 46.4 Å². The molecule has 0 aliphatic rings. The van der Waals surface area contributed by atoms with Gasteiger partial charge < -0.3 is 10.6 Å². The minimum absolute atomic E-state index is 0.0730. The van der Waals surface area contributed by atoms with Crippen molar-refractivity contribution in [2.75, 3.05) is 17.7 Å². The van der Waals surface area contributed by atoms with Crippen molar-refractivity contribution in [1.82, 2.24) is 5.32 Å². The molecule has 4 nitrogen and oxygen atoms in total. The summed E-state index contributed by atoms with van der Waals surface area (Å²) in [6, 6.07) is 6.63. The summed E-state index contributed by atoms with van der Waals surface area (Å²) in [4.78, 5) is 11.5. The van der Waals surface area contributed by atoms with Crippen LogP contribution in [0.2, 0.25) is 10.0 Å². The van der Waals surface area contributed by atoms with E-state index in [0.717, 1.165) is 0 Å². The second-order valence-electron chi connectivity index (χ2n) is 3.38. The maximum atomic E-state index is 11.5. The van der Waals surface area contributed by atoms with Gasteiger partial charge in [-0.2, -0.15) is 5.26 Å². The average Bonchev–Trinajstić information content (AvgIpc) is 2.39. The van der Waals surface area contributed by atoms with Crippen molar-refractivity contribution in [2.24, 2.45) is 0 Å². The standard InChI is InChI=1S/C12H10Cl3N3O/c13-3-4-17-12(19)8(6-16)7-18-11-2-1-9(14)5-10(11)15/h1-2,5,7,18H,3-4H2,(H,17,19)/b8-7-. The molecule has 0 saturated carbocycles. The molecule has 0 aromatic heterocycles. The van der Waals surface area contributed by atoms with E-state index in [1.54, 1.807) is 24.3 Å². The lowest BCUT2D eigenvalue weighted by Gasteiger charge is -2.05. The Morgan fingerprint density at radius 2 is 2.16 bits per heavy atom. The smallest absolute Gasteiger partial charge is 0.263 e. The molecule has 1 rings (SSSR count). The molecule has 0 unspecified atom stereocenters. The first kappa shape index (κ1) is 15.6. The van der Waals surface area contributed by atoms with Gasteiger partial charge in [0.25, 0.3) is 5.91 Å². The van der Waals surface area contributed by atoms with Crippen LogP contribution in [0.1, 0.15) is 0 Å². The molecule has 0 bridgehead atoms. The van der Waals surface area contributed by atoms with Crippen molar-refractivity contribution in [3.05, 3.63) is 40.0 Å². The third-order valence-corrected chi connectivity index (χ3v) is 2.79. The number of carbonyl (C=O) groups excluding carboxylic acids is 1. The first-order chi connectivity index (χ1) is 9.08. The summed E-state index contributed by atoms with van der Waals surface area (Å²) < 4.78 is 0. The van der Waals surface area contributed by atoms with Gasteiger partial charge in [-0.3, -0.25) is 4.79 Å². The quantitative estimate of drug-likeness (QED) is 0.498. The first-order valence-electron chi connectivity index (χ1n) is 5.24. The number of nitrogens with zero attached hydrogens (tertiary/aromatic N) is 1. The third kappa shape index (κ3) is 4.99.